The van der Waals surface area contributed by atoms with Gasteiger partial charge in [0.25, 0.3) is 5.91 Å². The maximum atomic E-state index is 12.8. The Hall–Kier alpha value is -3.08. The second kappa shape index (κ2) is 6.33. The molecule has 3 aromatic heterocycles. The predicted octanol–water partition coefficient (Wildman–Crippen LogP) is 4.77. The summed E-state index contributed by atoms with van der Waals surface area (Å²) in [5.41, 5.74) is 1.13. The van der Waals surface area contributed by atoms with Gasteiger partial charge >= 0.3 is 0 Å². The van der Waals surface area contributed by atoms with Crippen LogP contribution < -0.4 is 5.32 Å². The van der Waals surface area contributed by atoms with E-state index in [2.05, 4.69) is 16.4 Å². The van der Waals surface area contributed by atoms with Gasteiger partial charge in [0.1, 0.15) is 23.0 Å². The minimum Gasteiger partial charge on any atom is -0.443 e. The van der Waals surface area contributed by atoms with Gasteiger partial charge in [-0.1, -0.05) is 22.9 Å². The molecule has 0 fully saturated rings. The molecular weight excluding hydrogens is 372 g/mol. The number of furan rings is 1. The molecule has 0 saturated heterocycles. The standard InChI is InChI=1S/C18H11ClN4O2S/c1-10-15(12(9-20)17(25-10)23-6-2-3-7-23)16(24)22-18-21-13-5-4-11(19)8-14(13)26-18/h2-8H,1H3,(H,21,22,24). The second-order valence-electron chi connectivity index (χ2n) is 5.50. The topological polar surface area (TPSA) is 83.8 Å². The third kappa shape index (κ3) is 2.75. The Kier molecular flexibility index (Phi) is 3.99. The van der Waals surface area contributed by atoms with Gasteiger partial charge in [-0.3, -0.25) is 14.7 Å². The molecule has 4 rings (SSSR count). The van der Waals surface area contributed by atoms with Gasteiger partial charge < -0.3 is 4.42 Å². The van der Waals surface area contributed by atoms with E-state index in [-0.39, 0.29) is 11.1 Å². The number of nitriles is 1. The maximum absolute atomic E-state index is 12.8. The van der Waals surface area contributed by atoms with Crippen LogP contribution in [0.5, 0.6) is 0 Å². The van der Waals surface area contributed by atoms with E-state index in [0.717, 1.165) is 10.2 Å². The fraction of sp³-hybridized carbons (Fsp3) is 0.0556. The SMILES string of the molecule is Cc1oc(-n2cccc2)c(C#N)c1C(=O)Nc1nc2ccc(Cl)cc2s1. The fourth-order valence-corrected chi connectivity index (χ4v) is 3.81. The molecule has 0 atom stereocenters. The largest absolute Gasteiger partial charge is 0.443 e. The Morgan fingerprint density at radius 2 is 2.15 bits per heavy atom. The number of thiazole rings is 1. The highest BCUT2D eigenvalue weighted by Crippen LogP contribution is 2.30. The van der Waals surface area contributed by atoms with Gasteiger partial charge in [0.15, 0.2) is 5.13 Å². The molecule has 4 aromatic rings. The summed E-state index contributed by atoms with van der Waals surface area (Å²) < 4.78 is 8.18. The van der Waals surface area contributed by atoms with E-state index in [9.17, 15) is 10.1 Å². The van der Waals surface area contributed by atoms with Crippen LogP contribution in [0.1, 0.15) is 21.7 Å². The Morgan fingerprint density at radius 3 is 2.88 bits per heavy atom. The van der Waals surface area contributed by atoms with E-state index >= 15 is 0 Å². The van der Waals surface area contributed by atoms with Gasteiger partial charge in [-0.05, 0) is 37.3 Å². The Labute approximate surface area is 157 Å². The molecule has 0 saturated carbocycles. The molecule has 1 aromatic carbocycles. The summed E-state index contributed by atoms with van der Waals surface area (Å²) in [4.78, 5) is 17.1. The van der Waals surface area contributed by atoms with Gasteiger partial charge in [0.05, 0.1) is 10.2 Å². The lowest BCUT2D eigenvalue weighted by Crippen LogP contribution is -2.13. The number of aryl methyl sites for hydroxylation is 1. The fourth-order valence-electron chi connectivity index (χ4n) is 2.67. The summed E-state index contributed by atoms with van der Waals surface area (Å²) in [6.45, 7) is 1.65. The number of hydrogen-bond donors (Lipinski definition) is 1. The van der Waals surface area contributed by atoms with Crippen molar-refractivity contribution in [1.82, 2.24) is 9.55 Å². The molecule has 8 heteroatoms. The number of aromatic nitrogens is 2. The van der Waals surface area contributed by atoms with Crippen molar-refractivity contribution in [1.29, 1.82) is 5.26 Å². The smallest absolute Gasteiger partial charge is 0.262 e. The van der Waals surface area contributed by atoms with Crippen molar-refractivity contribution in [2.24, 2.45) is 0 Å². The summed E-state index contributed by atoms with van der Waals surface area (Å²) in [5.74, 6) is 0.245. The molecular formula is C18H11ClN4O2S. The molecule has 0 bridgehead atoms. The molecule has 0 aliphatic carbocycles. The molecule has 0 aliphatic heterocycles. The maximum Gasteiger partial charge on any atom is 0.262 e. The van der Waals surface area contributed by atoms with Gasteiger partial charge in [0, 0.05) is 17.4 Å². The van der Waals surface area contributed by atoms with Crippen LogP contribution in [0.2, 0.25) is 5.02 Å². The molecule has 26 heavy (non-hydrogen) atoms. The Bertz CT molecular complexity index is 1170. The molecule has 0 radical (unpaired) electrons. The molecule has 128 valence electrons. The zero-order chi connectivity index (χ0) is 18.3. The Morgan fingerprint density at radius 1 is 1.38 bits per heavy atom. The predicted molar refractivity (Wildman–Crippen MR) is 100 cm³/mol. The zero-order valence-electron chi connectivity index (χ0n) is 13.5. The summed E-state index contributed by atoms with van der Waals surface area (Å²) in [5, 5.41) is 13.3. The number of carbonyl (C=O) groups is 1. The van der Waals surface area contributed by atoms with Gasteiger partial charge in [-0.25, -0.2) is 4.98 Å². The highest BCUT2D eigenvalue weighted by atomic mass is 35.5. The van der Waals surface area contributed by atoms with Gasteiger partial charge in [-0.15, -0.1) is 0 Å². The number of hydrogen-bond acceptors (Lipinski definition) is 5. The van der Waals surface area contributed by atoms with Crippen LogP contribution in [0, 0.1) is 18.3 Å². The zero-order valence-corrected chi connectivity index (χ0v) is 15.1. The number of nitrogens with one attached hydrogen (secondary N) is 1. The normalized spacial score (nSPS) is 10.8. The quantitative estimate of drug-likeness (QED) is 0.553. The van der Waals surface area contributed by atoms with Crippen molar-refractivity contribution in [2.75, 3.05) is 5.32 Å². The lowest BCUT2D eigenvalue weighted by atomic mass is 10.1. The van der Waals surface area contributed by atoms with Crippen LogP contribution in [0.25, 0.3) is 16.1 Å². The molecule has 1 N–H and O–H groups in total. The van der Waals surface area contributed by atoms with Gasteiger partial charge in [0.2, 0.25) is 5.88 Å². The van der Waals surface area contributed by atoms with Crippen molar-refractivity contribution < 1.29 is 9.21 Å². The van der Waals surface area contributed by atoms with E-state index in [1.54, 1.807) is 42.1 Å². The van der Waals surface area contributed by atoms with Crippen molar-refractivity contribution >= 4 is 44.2 Å². The number of rotatable bonds is 3. The highest BCUT2D eigenvalue weighted by Gasteiger charge is 2.25. The molecule has 0 unspecified atom stereocenters. The molecule has 6 nitrogen and oxygen atoms in total. The highest BCUT2D eigenvalue weighted by molar-refractivity contribution is 7.22. The van der Waals surface area contributed by atoms with Gasteiger partial charge in [-0.2, -0.15) is 5.26 Å². The van der Waals surface area contributed by atoms with Crippen molar-refractivity contribution in [2.45, 2.75) is 6.92 Å². The number of fused-ring (bicyclic) bond motifs is 1. The van der Waals surface area contributed by atoms with E-state index in [1.807, 2.05) is 12.1 Å². The monoisotopic (exact) mass is 382 g/mol. The first-order chi connectivity index (χ1) is 12.6. The van der Waals surface area contributed by atoms with Crippen LogP contribution in [0.4, 0.5) is 5.13 Å². The number of amides is 1. The number of benzene rings is 1. The average molecular weight is 383 g/mol. The average Bonchev–Trinajstić information content (AvgIpc) is 3.31. The third-order valence-corrected chi connectivity index (χ3v) is 4.98. The first-order valence-electron chi connectivity index (χ1n) is 7.61. The minimum atomic E-state index is -0.439. The van der Waals surface area contributed by atoms with Crippen LogP contribution in [0.3, 0.4) is 0 Å². The molecule has 3 heterocycles. The lowest BCUT2D eigenvalue weighted by molar-refractivity contribution is 0.102. The van der Waals surface area contributed by atoms with E-state index in [1.165, 1.54) is 11.3 Å². The third-order valence-electron chi connectivity index (χ3n) is 3.81. The minimum absolute atomic E-state index is 0.181. The van der Waals surface area contributed by atoms with Crippen molar-refractivity contribution in [3.05, 3.63) is 64.6 Å². The van der Waals surface area contributed by atoms with E-state index in [0.29, 0.717) is 21.8 Å². The van der Waals surface area contributed by atoms with Crippen LogP contribution >= 0.6 is 22.9 Å². The number of carbonyl (C=O) groups excluding carboxylic acids is 1. The molecule has 0 aliphatic rings. The summed E-state index contributed by atoms with van der Waals surface area (Å²) in [6, 6.07) is 11.0. The first-order valence-corrected chi connectivity index (χ1v) is 8.80. The van der Waals surface area contributed by atoms with E-state index < -0.39 is 5.91 Å². The van der Waals surface area contributed by atoms with Crippen LogP contribution in [-0.4, -0.2) is 15.5 Å². The summed E-state index contributed by atoms with van der Waals surface area (Å²) >= 11 is 7.29. The summed E-state index contributed by atoms with van der Waals surface area (Å²) in [6.07, 6.45) is 3.50. The number of halogens is 1. The Balaban J connectivity index is 1.71. The molecule has 1 amide bonds. The first kappa shape index (κ1) is 16.4. The van der Waals surface area contributed by atoms with E-state index in [4.69, 9.17) is 16.0 Å². The lowest BCUT2D eigenvalue weighted by Gasteiger charge is -2.00. The summed E-state index contributed by atoms with van der Waals surface area (Å²) in [7, 11) is 0. The number of nitrogens with zero attached hydrogens (tertiary/aromatic N) is 3. The van der Waals surface area contributed by atoms with Crippen LogP contribution in [0.15, 0.2) is 47.1 Å². The second-order valence-corrected chi connectivity index (χ2v) is 6.97. The van der Waals surface area contributed by atoms with Crippen molar-refractivity contribution in [3.8, 4) is 12.0 Å². The molecule has 0 spiro atoms. The van der Waals surface area contributed by atoms with Crippen LogP contribution in [-0.2, 0) is 0 Å². The number of anilines is 1. The van der Waals surface area contributed by atoms with Crippen molar-refractivity contribution in [3.63, 3.8) is 0 Å².